The van der Waals surface area contributed by atoms with Crippen LogP contribution < -0.4 is 15.6 Å². The van der Waals surface area contributed by atoms with E-state index in [0.717, 1.165) is 0 Å². The lowest BCUT2D eigenvalue weighted by molar-refractivity contribution is -0.121. The maximum atomic E-state index is 13.8. The van der Waals surface area contributed by atoms with Crippen LogP contribution in [0.15, 0.2) is 77.9 Å². The van der Waals surface area contributed by atoms with E-state index in [4.69, 9.17) is 23.2 Å². The fraction of sp³-hybridized carbons (Fsp3) is 0.241. The molecule has 13 heteroatoms. The van der Waals surface area contributed by atoms with E-state index < -0.39 is 23.8 Å². The number of urea groups is 2. The van der Waals surface area contributed by atoms with Gasteiger partial charge in [-0.3, -0.25) is 14.9 Å². The largest absolute Gasteiger partial charge is 0.347 e. The maximum absolute atomic E-state index is 13.8. The molecule has 1 aliphatic rings. The average Bonchev–Trinajstić information content (AvgIpc) is 3.15. The molecule has 1 heterocycles. The van der Waals surface area contributed by atoms with E-state index in [0.29, 0.717) is 32.0 Å². The van der Waals surface area contributed by atoms with E-state index in [1.807, 2.05) is 0 Å². The first-order valence-electron chi connectivity index (χ1n) is 13.0. The smallest absolute Gasteiger partial charge is 0.315 e. The van der Waals surface area contributed by atoms with Gasteiger partial charge in [0, 0.05) is 34.4 Å². The molecule has 0 radical (unpaired) electrons. The molecule has 0 spiro atoms. The van der Waals surface area contributed by atoms with Crippen LogP contribution in [0.3, 0.4) is 0 Å². The van der Waals surface area contributed by atoms with Crippen molar-refractivity contribution in [1.82, 2.24) is 15.4 Å². The Morgan fingerprint density at radius 1 is 1.02 bits per heavy atom. The van der Waals surface area contributed by atoms with Gasteiger partial charge >= 0.3 is 12.1 Å². The van der Waals surface area contributed by atoms with Gasteiger partial charge in [0.05, 0.1) is 11.8 Å². The fourth-order valence-corrected chi connectivity index (χ4v) is 4.84. The van der Waals surface area contributed by atoms with Crippen LogP contribution in [-0.2, 0) is 4.79 Å². The first-order chi connectivity index (χ1) is 20.0. The van der Waals surface area contributed by atoms with Crippen molar-refractivity contribution in [3.8, 4) is 0 Å². The van der Waals surface area contributed by atoms with E-state index in [-0.39, 0.29) is 31.1 Å². The maximum Gasteiger partial charge on any atom is 0.347 e. The Morgan fingerprint density at radius 2 is 1.62 bits per heavy atom. The minimum absolute atomic E-state index is 0.0477. The zero-order valence-corrected chi connectivity index (χ0v) is 24.3. The van der Waals surface area contributed by atoms with Crippen molar-refractivity contribution < 1.29 is 24.0 Å². The van der Waals surface area contributed by atoms with E-state index in [1.165, 1.54) is 40.3 Å². The topological polar surface area (TPSA) is 118 Å². The number of nitrogens with zero attached hydrogens (tertiary/aromatic N) is 4. The number of nitrogens with one attached hydrogen (secondary N) is 2. The highest BCUT2D eigenvalue weighted by Gasteiger charge is 2.55. The Kier molecular flexibility index (Phi) is 9.66. The van der Waals surface area contributed by atoms with Crippen molar-refractivity contribution in [3.05, 3.63) is 94.2 Å². The van der Waals surface area contributed by atoms with Crippen LogP contribution in [0.25, 0.3) is 0 Å². The Balaban J connectivity index is 1.47. The third-order valence-corrected chi connectivity index (χ3v) is 7.21. The summed E-state index contributed by atoms with van der Waals surface area (Å²) in [4.78, 5) is 42.0. The number of carbonyl (C=O) groups is 3. The summed E-state index contributed by atoms with van der Waals surface area (Å²) in [6, 6.07) is 17.1. The Morgan fingerprint density at radius 3 is 2.24 bits per heavy atom. The predicted octanol–water partition coefficient (Wildman–Crippen LogP) is 6.33. The number of benzene rings is 3. The van der Waals surface area contributed by atoms with Gasteiger partial charge in [0.2, 0.25) is 5.91 Å². The minimum Gasteiger partial charge on any atom is -0.315 e. The second-order valence-corrected chi connectivity index (χ2v) is 10.9. The van der Waals surface area contributed by atoms with Gasteiger partial charge < -0.3 is 10.2 Å². The lowest BCUT2D eigenvalue weighted by atomic mass is 9.99. The van der Waals surface area contributed by atoms with Gasteiger partial charge in [0.25, 0.3) is 0 Å². The summed E-state index contributed by atoms with van der Waals surface area (Å²) in [6.07, 6.45) is 0.569. The van der Waals surface area contributed by atoms with Gasteiger partial charge in [-0.1, -0.05) is 35.3 Å². The molecule has 1 aliphatic heterocycles. The molecule has 4 rings (SSSR count). The highest BCUT2D eigenvalue weighted by molar-refractivity contribution is 6.31. The zero-order chi connectivity index (χ0) is 30.4. The summed E-state index contributed by atoms with van der Waals surface area (Å²) in [5.41, 5.74) is 2.74. The Labute approximate surface area is 252 Å². The summed E-state index contributed by atoms with van der Waals surface area (Å²) < 4.78 is 13.0. The molecule has 1 saturated heterocycles. The molecule has 0 aromatic heterocycles. The number of hydroxylamine groups is 2. The van der Waals surface area contributed by atoms with Gasteiger partial charge in [0.15, 0.2) is 6.17 Å². The number of rotatable bonds is 9. The van der Waals surface area contributed by atoms with E-state index in [2.05, 4.69) is 15.8 Å². The molecule has 0 aliphatic carbocycles. The van der Waals surface area contributed by atoms with Crippen LogP contribution in [0.2, 0.25) is 10.0 Å². The third kappa shape index (κ3) is 7.17. The predicted molar refractivity (Wildman–Crippen MR) is 159 cm³/mol. The van der Waals surface area contributed by atoms with Gasteiger partial charge in [0.1, 0.15) is 5.82 Å². The second kappa shape index (κ2) is 13.2. The van der Waals surface area contributed by atoms with Crippen molar-refractivity contribution in [1.29, 1.82) is 0 Å². The fourth-order valence-electron chi connectivity index (χ4n) is 4.59. The molecule has 3 aromatic carbocycles. The van der Waals surface area contributed by atoms with Crippen molar-refractivity contribution >= 4 is 58.8 Å². The molecule has 0 unspecified atom stereocenters. The van der Waals surface area contributed by atoms with Crippen molar-refractivity contribution in [2.75, 3.05) is 16.8 Å². The standard InChI is InChI=1S/C29H29Cl2FN6O4/c1-29(2)26(38(42)27(40)34-23-13-7-20(30)8-14-23)37(24-15-9-21(31)10-16-24)28(41)36(29)17-3-4-25(39)35-33-18-19-5-11-22(32)12-6-19/h5-16,18,26,42H,3-4,17H2,1-2H3,(H,34,40)(H,35,39)/b33-18-/t26-/m0/s1. The van der Waals surface area contributed by atoms with Gasteiger partial charge in [-0.05, 0) is 86.5 Å². The molecule has 0 bridgehead atoms. The molecule has 3 aromatic rings. The molecule has 42 heavy (non-hydrogen) atoms. The highest BCUT2D eigenvalue weighted by atomic mass is 35.5. The van der Waals surface area contributed by atoms with Gasteiger partial charge in [-0.15, -0.1) is 0 Å². The number of amides is 5. The Hall–Kier alpha value is -4.19. The van der Waals surface area contributed by atoms with E-state index in [9.17, 15) is 24.0 Å². The summed E-state index contributed by atoms with van der Waals surface area (Å²) in [6.45, 7) is 3.59. The summed E-state index contributed by atoms with van der Waals surface area (Å²) in [5, 5.41) is 19.1. The van der Waals surface area contributed by atoms with Crippen molar-refractivity contribution in [2.45, 2.75) is 38.4 Å². The number of halogens is 3. The zero-order valence-electron chi connectivity index (χ0n) is 22.8. The van der Waals surface area contributed by atoms with E-state index in [1.54, 1.807) is 62.4 Å². The molecular formula is C29H29Cl2FN6O4. The van der Waals surface area contributed by atoms with Crippen molar-refractivity contribution in [2.24, 2.45) is 5.10 Å². The number of hydrazone groups is 1. The molecule has 3 N–H and O–H groups in total. The van der Waals surface area contributed by atoms with Crippen LogP contribution in [0, 0.1) is 5.82 Å². The molecule has 1 fully saturated rings. The number of hydrogen-bond donors (Lipinski definition) is 3. The van der Waals surface area contributed by atoms with Gasteiger partial charge in [-0.2, -0.15) is 10.2 Å². The molecule has 220 valence electrons. The first-order valence-corrected chi connectivity index (χ1v) is 13.7. The van der Waals surface area contributed by atoms with Crippen molar-refractivity contribution in [3.63, 3.8) is 0 Å². The van der Waals surface area contributed by atoms with E-state index >= 15 is 0 Å². The van der Waals surface area contributed by atoms with Gasteiger partial charge in [-0.25, -0.2) is 19.4 Å². The SMILES string of the molecule is CC1(C)[C@H](N(O)C(=O)Nc2ccc(Cl)cc2)N(c2ccc(Cl)cc2)C(=O)N1CCCC(=O)N/N=C\c1ccc(F)cc1. The summed E-state index contributed by atoms with van der Waals surface area (Å²) in [5.74, 6) is -0.756. The molecule has 0 saturated carbocycles. The van der Waals surface area contributed by atoms with Crippen LogP contribution in [0.5, 0.6) is 0 Å². The van der Waals surface area contributed by atoms with Crippen LogP contribution in [0.1, 0.15) is 32.3 Å². The highest BCUT2D eigenvalue weighted by Crippen LogP contribution is 2.38. The second-order valence-electron chi connectivity index (χ2n) is 10.0. The van der Waals surface area contributed by atoms with Crippen LogP contribution in [-0.4, -0.2) is 57.6 Å². The summed E-state index contributed by atoms with van der Waals surface area (Å²) in [7, 11) is 0. The quantitative estimate of drug-likeness (QED) is 0.148. The molecule has 10 nitrogen and oxygen atoms in total. The normalized spacial score (nSPS) is 16.1. The lowest BCUT2D eigenvalue weighted by Gasteiger charge is -2.38. The third-order valence-electron chi connectivity index (χ3n) is 6.71. The number of anilines is 2. The summed E-state index contributed by atoms with van der Waals surface area (Å²) >= 11 is 12.0. The van der Waals surface area contributed by atoms with Crippen LogP contribution in [0.4, 0.5) is 25.4 Å². The van der Waals surface area contributed by atoms with Crippen LogP contribution >= 0.6 is 23.2 Å². The average molecular weight is 615 g/mol. The Bertz CT molecular complexity index is 1450. The first kappa shape index (κ1) is 30.8. The number of carbonyl (C=O) groups excluding carboxylic acids is 3. The monoisotopic (exact) mass is 614 g/mol. The molecular weight excluding hydrogens is 586 g/mol. The molecule has 5 amide bonds. The molecule has 1 atom stereocenters. The number of hydrogen-bond acceptors (Lipinski definition) is 5. The minimum atomic E-state index is -1.15. The lowest BCUT2D eigenvalue weighted by Crippen LogP contribution is -2.58.